The van der Waals surface area contributed by atoms with Crippen LogP contribution in [0.25, 0.3) is 0 Å². The molecule has 4 rings (SSSR count). The Hall–Kier alpha value is -2.60. The number of carbonyl (C=O) groups excluding carboxylic acids is 1. The minimum absolute atomic E-state index is 0.126. The van der Waals surface area contributed by atoms with E-state index in [0.29, 0.717) is 23.6 Å². The number of benzene rings is 1. The lowest BCUT2D eigenvalue weighted by Gasteiger charge is -2.23. The highest BCUT2D eigenvalue weighted by atomic mass is 16.5. The summed E-state index contributed by atoms with van der Waals surface area (Å²) in [5.41, 5.74) is 1.27. The molecule has 2 aromatic rings. The van der Waals surface area contributed by atoms with Gasteiger partial charge in [0, 0.05) is 31.5 Å². The Bertz CT molecular complexity index is 799. The molecule has 28 heavy (non-hydrogen) atoms. The van der Waals surface area contributed by atoms with Crippen LogP contribution in [0.15, 0.2) is 42.6 Å². The van der Waals surface area contributed by atoms with Crippen molar-refractivity contribution in [2.45, 2.75) is 38.2 Å². The van der Waals surface area contributed by atoms with E-state index in [9.17, 15) is 4.79 Å². The number of hydrogen-bond donors (Lipinski definition) is 1. The molecular weight excluding hydrogens is 354 g/mol. The average Bonchev–Trinajstić information content (AvgIpc) is 3.29. The summed E-state index contributed by atoms with van der Waals surface area (Å²) < 4.78 is 11.7. The molecule has 2 saturated heterocycles. The number of rotatable bonds is 6. The molecule has 0 bridgehead atoms. The summed E-state index contributed by atoms with van der Waals surface area (Å²) in [6.45, 7) is 3.30. The number of aromatic nitrogens is 1. The number of ether oxygens (including phenoxy) is 2. The molecular formula is C22H27N3O3. The molecule has 1 aromatic carbocycles. The fraction of sp³-hybridized carbons (Fsp3) is 0.455. The zero-order valence-corrected chi connectivity index (χ0v) is 16.1. The zero-order valence-electron chi connectivity index (χ0n) is 16.1. The van der Waals surface area contributed by atoms with Crippen molar-refractivity contribution in [3.63, 3.8) is 0 Å². The number of anilines is 2. The number of para-hydroxylation sites is 2. The van der Waals surface area contributed by atoms with Gasteiger partial charge in [0.05, 0.1) is 11.8 Å². The first-order chi connectivity index (χ1) is 13.8. The standard InChI is InChI=1S/C22H27N3O3/c26-22(17-10-11-23-21(15-17)25-12-4-5-13-25)24-19-8-1-2-9-20(19)28-16-18-7-3-6-14-27-18/h1-2,8-11,15,18H,3-7,12-14,16H2,(H,24,26). The Balaban J connectivity index is 1.42. The smallest absolute Gasteiger partial charge is 0.255 e. The molecule has 0 spiro atoms. The third-order valence-corrected chi connectivity index (χ3v) is 5.27. The van der Waals surface area contributed by atoms with E-state index in [1.807, 2.05) is 30.3 Å². The van der Waals surface area contributed by atoms with Crippen LogP contribution in [0.4, 0.5) is 11.5 Å². The lowest BCUT2D eigenvalue weighted by Crippen LogP contribution is -2.26. The van der Waals surface area contributed by atoms with Crippen molar-refractivity contribution < 1.29 is 14.3 Å². The largest absolute Gasteiger partial charge is 0.489 e. The van der Waals surface area contributed by atoms with Gasteiger partial charge in [-0.05, 0) is 56.4 Å². The van der Waals surface area contributed by atoms with Crippen LogP contribution < -0.4 is 15.0 Å². The molecule has 6 nitrogen and oxygen atoms in total. The molecule has 1 atom stereocenters. The summed E-state index contributed by atoms with van der Waals surface area (Å²) >= 11 is 0. The number of nitrogens with one attached hydrogen (secondary N) is 1. The van der Waals surface area contributed by atoms with Crippen molar-refractivity contribution in [1.82, 2.24) is 4.98 Å². The van der Waals surface area contributed by atoms with E-state index < -0.39 is 0 Å². The predicted molar refractivity (Wildman–Crippen MR) is 109 cm³/mol. The zero-order chi connectivity index (χ0) is 19.2. The van der Waals surface area contributed by atoms with Crippen LogP contribution in [0.5, 0.6) is 5.75 Å². The number of nitrogens with zero attached hydrogens (tertiary/aromatic N) is 2. The van der Waals surface area contributed by atoms with Gasteiger partial charge in [-0.2, -0.15) is 0 Å². The van der Waals surface area contributed by atoms with Crippen molar-refractivity contribution in [2.75, 3.05) is 36.5 Å². The van der Waals surface area contributed by atoms with Crippen LogP contribution in [-0.2, 0) is 4.74 Å². The molecule has 2 aliphatic heterocycles. The summed E-state index contributed by atoms with van der Waals surface area (Å²) in [6, 6.07) is 11.1. The first-order valence-corrected chi connectivity index (χ1v) is 10.2. The number of carbonyl (C=O) groups is 1. The van der Waals surface area contributed by atoms with Crippen LogP contribution in [0.1, 0.15) is 42.5 Å². The number of hydrogen-bond acceptors (Lipinski definition) is 5. The van der Waals surface area contributed by atoms with Crippen LogP contribution in [0.3, 0.4) is 0 Å². The number of pyridine rings is 1. The first-order valence-electron chi connectivity index (χ1n) is 10.2. The molecule has 3 heterocycles. The monoisotopic (exact) mass is 381 g/mol. The fourth-order valence-corrected chi connectivity index (χ4v) is 3.69. The molecule has 1 amide bonds. The Labute approximate surface area is 165 Å². The first kappa shape index (κ1) is 18.7. The summed E-state index contributed by atoms with van der Waals surface area (Å²) in [5, 5.41) is 2.98. The second kappa shape index (κ2) is 9.06. The van der Waals surface area contributed by atoms with E-state index in [4.69, 9.17) is 9.47 Å². The maximum Gasteiger partial charge on any atom is 0.255 e. The normalized spacial score (nSPS) is 19.4. The van der Waals surface area contributed by atoms with Gasteiger partial charge in [-0.25, -0.2) is 4.98 Å². The van der Waals surface area contributed by atoms with Gasteiger partial charge < -0.3 is 19.7 Å². The van der Waals surface area contributed by atoms with Gasteiger partial charge in [0.1, 0.15) is 18.2 Å². The van der Waals surface area contributed by atoms with Crippen molar-refractivity contribution >= 4 is 17.4 Å². The van der Waals surface area contributed by atoms with Crippen LogP contribution in [0, 0.1) is 0 Å². The van der Waals surface area contributed by atoms with Crippen molar-refractivity contribution in [3.8, 4) is 5.75 Å². The third kappa shape index (κ3) is 4.62. The van der Waals surface area contributed by atoms with Gasteiger partial charge in [0.15, 0.2) is 0 Å². The highest BCUT2D eigenvalue weighted by Gasteiger charge is 2.18. The molecule has 1 unspecified atom stereocenters. The maximum absolute atomic E-state index is 12.8. The minimum Gasteiger partial charge on any atom is -0.489 e. The van der Waals surface area contributed by atoms with Crippen LogP contribution in [0.2, 0.25) is 0 Å². The fourth-order valence-electron chi connectivity index (χ4n) is 3.69. The number of amides is 1. The van der Waals surface area contributed by atoms with E-state index in [1.165, 1.54) is 19.3 Å². The molecule has 0 saturated carbocycles. The highest BCUT2D eigenvalue weighted by molar-refractivity contribution is 6.05. The molecule has 2 fully saturated rings. The van der Waals surface area contributed by atoms with Gasteiger partial charge in [0.2, 0.25) is 0 Å². The van der Waals surface area contributed by atoms with Gasteiger partial charge in [-0.1, -0.05) is 12.1 Å². The maximum atomic E-state index is 12.8. The molecule has 1 N–H and O–H groups in total. The van der Waals surface area contributed by atoms with E-state index in [1.54, 1.807) is 12.3 Å². The molecule has 0 radical (unpaired) electrons. The topological polar surface area (TPSA) is 63.7 Å². The Morgan fingerprint density at radius 1 is 1.18 bits per heavy atom. The van der Waals surface area contributed by atoms with Gasteiger partial charge >= 0.3 is 0 Å². The van der Waals surface area contributed by atoms with E-state index >= 15 is 0 Å². The molecule has 0 aliphatic carbocycles. The lowest BCUT2D eigenvalue weighted by atomic mass is 10.1. The third-order valence-electron chi connectivity index (χ3n) is 5.27. The summed E-state index contributed by atoms with van der Waals surface area (Å²) in [7, 11) is 0. The van der Waals surface area contributed by atoms with E-state index in [-0.39, 0.29) is 12.0 Å². The van der Waals surface area contributed by atoms with E-state index in [0.717, 1.165) is 38.4 Å². The lowest BCUT2D eigenvalue weighted by molar-refractivity contribution is -0.0109. The predicted octanol–water partition coefficient (Wildman–Crippen LogP) is 3.88. The molecule has 6 heteroatoms. The van der Waals surface area contributed by atoms with Crippen molar-refractivity contribution in [1.29, 1.82) is 0 Å². The highest BCUT2D eigenvalue weighted by Crippen LogP contribution is 2.26. The second-order valence-corrected chi connectivity index (χ2v) is 7.35. The Kier molecular flexibility index (Phi) is 6.07. The average molecular weight is 381 g/mol. The van der Waals surface area contributed by atoms with Crippen LogP contribution >= 0.6 is 0 Å². The Morgan fingerprint density at radius 2 is 2.04 bits per heavy atom. The molecule has 148 valence electrons. The summed E-state index contributed by atoms with van der Waals surface area (Å²) in [4.78, 5) is 19.4. The van der Waals surface area contributed by atoms with Gasteiger partial charge in [-0.15, -0.1) is 0 Å². The van der Waals surface area contributed by atoms with Gasteiger partial charge in [-0.3, -0.25) is 4.79 Å². The molecule has 2 aliphatic rings. The van der Waals surface area contributed by atoms with Crippen molar-refractivity contribution in [2.24, 2.45) is 0 Å². The van der Waals surface area contributed by atoms with Gasteiger partial charge in [0.25, 0.3) is 5.91 Å². The van der Waals surface area contributed by atoms with Crippen LogP contribution in [-0.4, -0.2) is 43.3 Å². The molecule has 1 aromatic heterocycles. The van der Waals surface area contributed by atoms with Crippen molar-refractivity contribution in [3.05, 3.63) is 48.2 Å². The summed E-state index contributed by atoms with van der Waals surface area (Å²) in [5.74, 6) is 1.37. The Morgan fingerprint density at radius 3 is 2.86 bits per heavy atom. The SMILES string of the molecule is O=C(Nc1ccccc1OCC1CCCCO1)c1ccnc(N2CCCC2)c1. The van der Waals surface area contributed by atoms with E-state index in [2.05, 4.69) is 15.2 Å². The minimum atomic E-state index is -0.159. The quantitative estimate of drug-likeness (QED) is 0.823. The second-order valence-electron chi connectivity index (χ2n) is 7.35. The summed E-state index contributed by atoms with van der Waals surface area (Å²) in [6.07, 6.45) is 7.49.